The number of hydrogen-bond donors (Lipinski definition) is 1. The van der Waals surface area contributed by atoms with Gasteiger partial charge < -0.3 is 5.32 Å². The highest BCUT2D eigenvalue weighted by molar-refractivity contribution is 6.35. The summed E-state index contributed by atoms with van der Waals surface area (Å²) in [6.45, 7) is 5.99. The predicted molar refractivity (Wildman–Crippen MR) is 63.1 cm³/mol. The Morgan fingerprint density at radius 1 is 1.13 bits per heavy atom. The minimum absolute atomic E-state index is 0.00395. The van der Waals surface area contributed by atoms with Crippen LogP contribution in [0.25, 0.3) is 0 Å². The van der Waals surface area contributed by atoms with Gasteiger partial charge in [0, 0.05) is 17.1 Å². The summed E-state index contributed by atoms with van der Waals surface area (Å²) in [6, 6.07) is 3.14. The number of nitrogens with one attached hydrogen (secondary N) is 1. The predicted octanol–water partition coefficient (Wildman–Crippen LogP) is 4.19. The number of halogens is 3. The monoisotopic (exact) mass is 249 g/mol. The number of benzene rings is 1. The van der Waals surface area contributed by atoms with Crippen molar-refractivity contribution in [2.45, 2.75) is 32.9 Å². The molecule has 0 saturated carbocycles. The Morgan fingerprint density at radius 2 is 1.73 bits per heavy atom. The zero-order valence-corrected chi connectivity index (χ0v) is 10.5. The fraction of sp³-hybridized carbons (Fsp3) is 0.455. The Bertz CT molecular complexity index is 353. The summed E-state index contributed by atoms with van der Waals surface area (Å²) in [5.74, 6) is -0.437. The summed E-state index contributed by atoms with van der Waals surface area (Å²) in [5, 5.41) is 3.80. The lowest BCUT2D eigenvalue weighted by molar-refractivity contribution is 0.503. The van der Waals surface area contributed by atoms with Crippen molar-refractivity contribution in [3.8, 4) is 0 Å². The Morgan fingerprint density at radius 3 is 2.27 bits per heavy atom. The molecule has 1 aromatic carbocycles. The molecule has 1 N–H and O–H groups in total. The van der Waals surface area contributed by atoms with Crippen molar-refractivity contribution in [1.82, 2.24) is 5.32 Å². The van der Waals surface area contributed by atoms with Crippen LogP contribution < -0.4 is 5.32 Å². The molecule has 0 spiro atoms. The summed E-state index contributed by atoms with van der Waals surface area (Å²) in [4.78, 5) is 0. The number of hydrogen-bond acceptors (Lipinski definition) is 1. The first-order chi connectivity index (χ1) is 6.91. The Labute approximate surface area is 99.6 Å². The van der Waals surface area contributed by atoms with Crippen molar-refractivity contribution >= 4 is 23.2 Å². The summed E-state index contributed by atoms with van der Waals surface area (Å²) in [6.07, 6.45) is 0. The van der Waals surface area contributed by atoms with E-state index in [1.807, 2.05) is 20.8 Å². The Balaban J connectivity index is 2.98. The van der Waals surface area contributed by atoms with E-state index in [4.69, 9.17) is 23.2 Å². The quantitative estimate of drug-likeness (QED) is 0.793. The van der Waals surface area contributed by atoms with E-state index in [-0.39, 0.29) is 11.1 Å². The lowest BCUT2D eigenvalue weighted by Crippen LogP contribution is -2.26. The van der Waals surface area contributed by atoms with E-state index in [9.17, 15) is 4.39 Å². The van der Waals surface area contributed by atoms with Crippen molar-refractivity contribution < 1.29 is 4.39 Å². The third-order valence-corrected chi connectivity index (χ3v) is 2.71. The molecule has 1 atom stereocenters. The SMILES string of the molecule is CC(C)NC(C)c1cc(F)c(Cl)cc1Cl. The topological polar surface area (TPSA) is 12.0 Å². The third kappa shape index (κ3) is 3.33. The normalized spacial score (nSPS) is 13.3. The molecule has 0 radical (unpaired) electrons. The zero-order valence-electron chi connectivity index (χ0n) is 8.94. The van der Waals surface area contributed by atoms with Gasteiger partial charge in [-0.3, -0.25) is 0 Å². The molecule has 4 heteroatoms. The van der Waals surface area contributed by atoms with Crippen LogP contribution in [-0.2, 0) is 0 Å². The molecule has 1 nitrogen and oxygen atoms in total. The maximum Gasteiger partial charge on any atom is 0.142 e. The summed E-state index contributed by atoms with van der Waals surface area (Å²) in [5.41, 5.74) is 0.729. The first-order valence-electron chi connectivity index (χ1n) is 4.82. The molecule has 1 rings (SSSR count). The average Bonchev–Trinajstić information content (AvgIpc) is 2.09. The molecule has 0 aliphatic rings. The zero-order chi connectivity index (χ0) is 11.6. The van der Waals surface area contributed by atoms with Crippen LogP contribution in [0.5, 0.6) is 0 Å². The molecular formula is C11H14Cl2FN. The van der Waals surface area contributed by atoms with Crippen molar-refractivity contribution in [1.29, 1.82) is 0 Å². The van der Waals surface area contributed by atoms with Crippen LogP contribution in [0.3, 0.4) is 0 Å². The molecule has 0 fully saturated rings. The minimum atomic E-state index is -0.437. The van der Waals surface area contributed by atoms with Crippen LogP contribution in [-0.4, -0.2) is 6.04 Å². The first-order valence-corrected chi connectivity index (χ1v) is 5.58. The van der Waals surface area contributed by atoms with Gasteiger partial charge in [0.15, 0.2) is 0 Å². The molecule has 1 unspecified atom stereocenters. The van der Waals surface area contributed by atoms with Crippen molar-refractivity contribution in [2.24, 2.45) is 0 Å². The highest BCUT2D eigenvalue weighted by atomic mass is 35.5. The fourth-order valence-electron chi connectivity index (χ4n) is 1.46. The van der Waals surface area contributed by atoms with Gasteiger partial charge in [0.05, 0.1) is 5.02 Å². The standard InChI is InChI=1S/C11H14Cl2FN/c1-6(2)15-7(3)8-4-11(14)10(13)5-9(8)12/h4-7,15H,1-3H3. The lowest BCUT2D eigenvalue weighted by Gasteiger charge is -2.18. The molecule has 0 bridgehead atoms. The minimum Gasteiger partial charge on any atom is -0.308 e. The second-order valence-corrected chi connectivity index (χ2v) is 4.65. The molecule has 0 aromatic heterocycles. The second-order valence-electron chi connectivity index (χ2n) is 3.83. The van der Waals surface area contributed by atoms with E-state index >= 15 is 0 Å². The van der Waals surface area contributed by atoms with Gasteiger partial charge in [-0.1, -0.05) is 37.0 Å². The maximum atomic E-state index is 13.2. The molecule has 0 aliphatic heterocycles. The van der Waals surface area contributed by atoms with E-state index in [1.54, 1.807) is 0 Å². The number of rotatable bonds is 3. The van der Waals surface area contributed by atoms with E-state index in [1.165, 1.54) is 12.1 Å². The third-order valence-electron chi connectivity index (χ3n) is 2.09. The maximum absolute atomic E-state index is 13.2. The van der Waals surface area contributed by atoms with Gasteiger partial charge in [0.1, 0.15) is 5.82 Å². The van der Waals surface area contributed by atoms with Crippen LogP contribution in [0.2, 0.25) is 10.0 Å². The van der Waals surface area contributed by atoms with Crippen molar-refractivity contribution in [3.63, 3.8) is 0 Å². The van der Waals surface area contributed by atoms with E-state index < -0.39 is 5.82 Å². The summed E-state index contributed by atoms with van der Waals surface area (Å²) in [7, 11) is 0. The highest BCUT2D eigenvalue weighted by Crippen LogP contribution is 2.28. The smallest absolute Gasteiger partial charge is 0.142 e. The fourth-order valence-corrected chi connectivity index (χ4v) is 2.01. The van der Waals surface area contributed by atoms with Crippen molar-refractivity contribution in [2.75, 3.05) is 0 Å². The molecule has 0 amide bonds. The highest BCUT2D eigenvalue weighted by Gasteiger charge is 2.13. The Hall–Kier alpha value is -0.310. The largest absolute Gasteiger partial charge is 0.308 e. The van der Waals surface area contributed by atoms with E-state index in [0.29, 0.717) is 11.1 Å². The van der Waals surface area contributed by atoms with Gasteiger partial charge >= 0.3 is 0 Å². The van der Waals surface area contributed by atoms with Crippen LogP contribution in [0.1, 0.15) is 32.4 Å². The van der Waals surface area contributed by atoms with Gasteiger partial charge in [0.2, 0.25) is 0 Å². The Kier molecular flexibility index (Phi) is 4.38. The lowest BCUT2D eigenvalue weighted by atomic mass is 10.1. The average molecular weight is 250 g/mol. The van der Waals surface area contributed by atoms with E-state index in [2.05, 4.69) is 5.32 Å². The molecule has 0 saturated heterocycles. The van der Waals surface area contributed by atoms with Gasteiger partial charge in [-0.05, 0) is 24.6 Å². The van der Waals surface area contributed by atoms with Crippen LogP contribution in [0, 0.1) is 5.82 Å². The summed E-state index contributed by atoms with van der Waals surface area (Å²) >= 11 is 11.6. The molecular weight excluding hydrogens is 236 g/mol. The van der Waals surface area contributed by atoms with Gasteiger partial charge in [-0.2, -0.15) is 0 Å². The molecule has 15 heavy (non-hydrogen) atoms. The van der Waals surface area contributed by atoms with E-state index in [0.717, 1.165) is 5.56 Å². The van der Waals surface area contributed by atoms with Crippen LogP contribution in [0.15, 0.2) is 12.1 Å². The second kappa shape index (κ2) is 5.15. The molecule has 1 aromatic rings. The van der Waals surface area contributed by atoms with Crippen LogP contribution in [0.4, 0.5) is 4.39 Å². The van der Waals surface area contributed by atoms with Gasteiger partial charge in [0.25, 0.3) is 0 Å². The summed E-state index contributed by atoms with van der Waals surface area (Å²) < 4.78 is 13.2. The first kappa shape index (κ1) is 12.8. The molecule has 84 valence electrons. The molecule has 0 heterocycles. The van der Waals surface area contributed by atoms with Gasteiger partial charge in [-0.15, -0.1) is 0 Å². The van der Waals surface area contributed by atoms with Crippen molar-refractivity contribution in [3.05, 3.63) is 33.6 Å². The van der Waals surface area contributed by atoms with Crippen LogP contribution >= 0.6 is 23.2 Å². The van der Waals surface area contributed by atoms with Gasteiger partial charge in [-0.25, -0.2) is 4.39 Å². The molecule has 0 aliphatic carbocycles.